The molecule has 1 aromatic carbocycles. The van der Waals surface area contributed by atoms with Crippen molar-refractivity contribution in [3.8, 4) is 0 Å². The Balaban J connectivity index is 1.72. The molecule has 0 radical (unpaired) electrons. The van der Waals surface area contributed by atoms with Gasteiger partial charge in [-0.2, -0.15) is 11.8 Å². The molecule has 0 amide bonds. The summed E-state index contributed by atoms with van der Waals surface area (Å²) in [5, 5.41) is 8.97. The number of hydrogen-bond acceptors (Lipinski definition) is 4. The van der Waals surface area contributed by atoms with Crippen molar-refractivity contribution in [2.45, 2.75) is 0 Å². The highest BCUT2D eigenvalue weighted by Gasteiger charge is 2.13. The molecule has 4 nitrogen and oxygen atoms in total. The van der Waals surface area contributed by atoms with Crippen LogP contribution in [-0.4, -0.2) is 39.8 Å². The molecule has 0 bridgehead atoms. The van der Waals surface area contributed by atoms with E-state index in [1.165, 1.54) is 0 Å². The van der Waals surface area contributed by atoms with Gasteiger partial charge in [0.2, 0.25) is 0 Å². The van der Waals surface area contributed by atoms with Crippen LogP contribution in [0.2, 0.25) is 0 Å². The third-order valence-electron chi connectivity index (χ3n) is 2.91. The molecule has 1 aliphatic rings. The van der Waals surface area contributed by atoms with E-state index in [-0.39, 0.29) is 0 Å². The Morgan fingerprint density at radius 3 is 3.06 bits per heavy atom. The highest BCUT2D eigenvalue weighted by molar-refractivity contribution is 7.99. The number of thiocarbonyl (C=S) groups is 1. The first kappa shape index (κ1) is 11.8. The normalized spacial score (nSPS) is 15.9. The first-order valence-corrected chi connectivity index (χ1v) is 7.37. The quantitative estimate of drug-likeness (QED) is 0.809. The minimum absolute atomic E-state index is 0.790. The lowest BCUT2D eigenvalue weighted by atomic mass is 10.2. The van der Waals surface area contributed by atoms with Gasteiger partial charge in [-0.1, -0.05) is 5.16 Å². The number of fused-ring (bicyclic) bond motifs is 1. The molecule has 1 N–H and O–H groups in total. The van der Waals surface area contributed by atoms with Crippen LogP contribution in [0.5, 0.6) is 0 Å². The van der Waals surface area contributed by atoms with Gasteiger partial charge in [-0.05, 0) is 30.4 Å². The van der Waals surface area contributed by atoms with Gasteiger partial charge in [0.05, 0.1) is 0 Å². The molecule has 1 aliphatic heterocycles. The monoisotopic (exact) mass is 279 g/mol. The van der Waals surface area contributed by atoms with Gasteiger partial charge in [0, 0.05) is 35.7 Å². The molecule has 2 heterocycles. The zero-order valence-corrected chi connectivity index (χ0v) is 11.4. The maximum absolute atomic E-state index is 5.42. The van der Waals surface area contributed by atoms with Gasteiger partial charge in [0.1, 0.15) is 11.8 Å². The molecule has 1 aromatic heterocycles. The molecule has 6 heteroatoms. The second-order valence-electron chi connectivity index (χ2n) is 4.12. The first-order chi connectivity index (χ1) is 8.83. The second-order valence-corrected chi connectivity index (χ2v) is 5.73. The molecule has 0 saturated carbocycles. The number of thioether (sulfide) groups is 1. The van der Waals surface area contributed by atoms with E-state index in [4.69, 9.17) is 16.7 Å². The number of nitrogens with one attached hydrogen (secondary N) is 1. The summed E-state index contributed by atoms with van der Waals surface area (Å²) in [5.41, 5.74) is 1.80. The van der Waals surface area contributed by atoms with Crippen molar-refractivity contribution in [2.75, 3.05) is 29.9 Å². The number of nitrogens with zero attached hydrogens (tertiary/aromatic N) is 2. The molecule has 18 heavy (non-hydrogen) atoms. The van der Waals surface area contributed by atoms with Crippen molar-refractivity contribution in [2.24, 2.45) is 0 Å². The highest BCUT2D eigenvalue weighted by atomic mass is 32.2. The van der Waals surface area contributed by atoms with Crippen LogP contribution in [0.4, 0.5) is 5.69 Å². The van der Waals surface area contributed by atoms with Crippen molar-refractivity contribution in [3.05, 3.63) is 24.5 Å². The van der Waals surface area contributed by atoms with E-state index in [1.54, 1.807) is 6.26 Å². The van der Waals surface area contributed by atoms with Crippen LogP contribution in [0.25, 0.3) is 10.9 Å². The lowest BCUT2D eigenvalue weighted by molar-refractivity contribution is 0.428. The maximum atomic E-state index is 5.42. The van der Waals surface area contributed by atoms with Gasteiger partial charge in [-0.3, -0.25) is 0 Å². The minimum Gasteiger partial charge on any atom is -0.364 e. The van der Waals surface area contributed by atoms with E-state index < -0.39 is 0 Å². The van der Waals surface area contributed by atoms with Gasteiger partial charge in [0.15, 0.2) is 5.11 Å². The lowest BCUT2D eigenvalue weighted by Gasteiger charge is -2.29. The zero-order chi connectivity index (χ0) is 12.4. The fourth-order valence-electron chi connectivity index (χ4n) is 1.91. The number of anilines is 1. The Hall–Kier alpha value is -1.27. The van der Waals surface area contributed by atoms with Crippen molar-refractivity contribution in [3.63, 3.8) is 0 Å². The van der Waals surface area contributed by atoms with Crippen LogP contribution in [0.3, 0.4) is 0 Å². The lowest BCUT2D eigenvalue weighted by Crippen LogP contribution is -2.40. The maximum Gasteiger partial charge on any atom is 0.173 e. The third kappa shape index (κ3) is 2.44. The molecule has 0 aliphatic carbocycles. The fraction of sp³-hybridized carbons (Fsp3) is 0.333. The van der Waals surface area contributed by atoms with Crippen molar-refractivity contribution < 1.29 is 4.52 Å². The predicted molar refractivity (Wildman–Crippen MR) is 79.1 cm³/mol. The van der Waals surface area contributed by atoms with Gasteiger partial charge >= 0.3 is 0 Å². The standard InChI is InChI=1S/C12H13N3OS2/c17-12(15-3-5-18-6-4-15)13-10-2-1-9-8-16-14-11(9)7-10/h1-2,7-8H,3-6H2,(H,13,17). The Bertz CT molecular complexity index is 563. The molecule has 0 spiro atoms. The minimum atomic E-state index is 0.790. The fourth-order valence-corrected chi connectivity index (χ4v) is 3.11. The molecule has 94 valence electrons. The van der Waals surface area contributed by atoms with Crippen LogP contribution in [0.15, 0.2) is 29.0 Å². The summed E-state index contributed by atoms with van der Waals surface area (Å²) in [6.07, 6.45) is 1.64. The summed E-state index contributed by atoms with van der Waals surface area (Å²) in [5.74, 6) is 2.29. The Morgan fingerprint density at radius 1 is 1.39 bits per heavy atom. The van der Waals surface area contributed by atoms with Gasteiger partial charge < -0.3 is 14.7 Å². The number of aromatic nitrogens is 1. The Labute approximate surface area is 115 Å². The molecular formula is C12H13N3OS2. The number of hydrogen-bond donors (Lipinski definition) is 1. The summed E-state index contributed by atoms with van der Waals surface area (Å²) in [6.45, 7) is 2.03. The average Bonchev–Trinajstić information content (AvgIpc) is 2.87. The van der Waals surface area contributed by atoms with E-state index in [0.717, 1.165) is 46.3 Å². The van der Waals surface area contributed by atoms with Gasteiger partial charge in [-0.15, -0.1) is 0 Å². The summed E-state index contributed by atoms with van der Waals surface area (Å²) in [6, 6.07) is 5.91. The molecule has 1 saturated heterocycles. The topological polar surface area (TPSA) is 41.3 Å². The molecular weight excluding hydrogens is 266 g/mol. The molecule has 0 atom stereocenters. The van der Waals surface area contributed by atoms with E-state index in [1.807, 2.05) is 30.0 Å². The smallest absolute Gasteiger partial charge is 0.173 e. The van der Waals surface area contributed by atoms with Crippen LogP contribution in [0.1, 0.15) is 0 Å². The van der Waals surface area contributed by atoms with Crippen LogP contribution in [0, 0.1) is 0 Å². The van der Waals surface area contributed by atoms with Crippen molar-refractivity contribution in [1.29, 1.82) is 0 Å². The zero-order valence-electron chi connectivity index (χ0n) is 9.76. The molecule has 0 unspecified atom stereocenters. The van der Waals surface area contributed by atoms with E-state index in [0.29, 0.717) is 0 Å². The third-order valence-corrected chi connectivity index (χ3v) is 4.21. The average molecular weight is 279 g/mol. The van der Waals surface area contributed by atoms with Gasteiger partial charge in [-0.25, -0.2) is 0 Å². The van der Waals surface area contributed by atoms with E-state index >= 15 is 0 Å². The highest BCUT2D eigenvalue weighted by Crippen LogP contribution is 2.18. The van der Waals surface area contributed by atoms with E-state index in [9.17, 15) is 0 Å². The van der Waals surface area contributed by atoms with Crippen LogP contribution < -0.4 is 5.32 Å². The first-order valence-electron chi connectivity index (χ1n) is 5.81. The van der Waals surface area contributed by atoms with Crippen molar-refractivity contribution in [1.82, 2.24) is 10.1 Å². The number of benzene rings is 1. The second kappa shape index (κ2) is 5.16. The SMILES string of the molecule is S=C(Nc1ccc2conc2c1)N1CCSCC1. The van der Waals surface area contributed by atoms with Crippen molar-refractivity contribution >= 4 is 45.7 Å². The molecule has 3 rings (SSSR count). The van der Waals surface area contributed by atoms with E-state index in [2.05, 4.69) is 15.4 Å². The summed E-state index contributed by atoms with van der Waals surface area (Å²) in [4.78, 5) is 2.21. The number of rotatable bonds is 1. The Kier molecular flexibility index (Phi) is 3.38. The molecule has 2 aromatic rings. The predicted octanol–water partition coefficient (Wildman–Crippen LogP) is 2.57. The summed E-state index contributed by atoms with van der Waals surface area (Å²) >= 11 is 7.39. The largest absolute Gasteiger partial charge is 0.364 e. The van der Waals surface area contributed by atoms with Crippen LogP contribution >= 0.6 is 24.0 Å². The Morgan fingerprint density at radius 2 is 2.22 bits per heavy atom. The summed E-state index contributed by atoms with van der Waals surface area (Å²) < 4.78 is 4.92. The van der Waals surface area contributed by atoms with Gasteiger partial charge in [0.25, 0.3) is 0 Å². The summed E-state index contributed by atoms with van der Waals surface area (Å²) in [7, 11) is 0. The van der Waals surface area contributed by atoms with Crippen LogP contribution in [-0.2, 0) is 0 Å². The molecule has 1 fully saturated rings.